The maximum absolute atomic E-state index is 12.9. The highest BCUT2D eigenvalue weighted by Crippen LogP contribution is 2.26. The van der Waals surface area contributed by atoms with Crippen LogP contribution < -0.4 is 5.32 Å². The zero-order valence-electron chi connectivity index (χ0n) is 12.8. The van der Waals surface area contributed by atoms with Gasteiger partial charge in [-0.2, -0.15) is 0 Å². The molecule has 1 N–H and O–H groups in total. The van der Waals surface area contributed by atoms with Crippen LogP contribution in [0.3, 0.4) is 0 Å². The molecule has 118 valence electrons. The van der Waals surface area contributed by atoms with Gasteiger partial charge in [0.25, 0.3) is 5.91 Å². The fourth-order valence-electron chi connectivity index (χ4n) is 2.84. The summed E-state index contributed by atoms with van der Waals surface area (Å²) in [5.41, 5.74) is 2.36. The molecule has 1 aliphatic heterocycles. The molecule has 4 nitrogen and oxygen atoms in total. The highest BCUT2D eigenvalue weighted by Gasteiger charge is 2.34. The molecule has 0 aliphatic carbocycles. The molecule has 1 saturated heterocycles. The van der Waals surface area contributed by atoms with Gasteiger partial charge in [-0.25, -0.2) is 0 Å². The number of carbonyl (C=O) groups excluding carboxylic acids is 2. The third-order valence-electron chi connectivity index (χ3n) is 3.90. The van der Waals surface area contributed by atoms with Crippen LogP contribution in [-0.2, 0) is 4.79 Å². The summed E-state index contributed by atoms with van der Waals surface area (Å²) in [5.74, 6) is -0.342. The van der Waals surface area contributed by atoms with Crippen LogP contribution >= 0.6 is 11.6 Å². The molecule has 1 fully saturated rings. The number of rotatable bonds is 2. The normalized spacial score (nSPS) is 17.7. The van der Waals surface area contributed by atoms with E-state index in [0.717, 1.165) is 11.1 Å². The Bertz CT molecular complexity index is 760. The van der Waals surface area contributed by atoms with Crippen molar-refractivity contribution in [2.24, 2.45) is 0 Å². The fraction of sp³-hybridized carbons (Fsp3) is 0.222. The lowest BCUT2D eigenvalue weighted by atomic mass is 9.99. The van der Waals surface area contributed by atoms with Gasteiger partial charge in [-0.15, -0.1) is 0 Å². The number of hydrogen-bond acceptors (Lipinski definition) is 2. The molecule has 0 aromatic heterocycles. The predicted molar refractivity (Wildman–Crippen MR) is 89.4 cm³/mol. The second kappa shape index (κ2) is 6.42. The number of benzene rings is 2. The summed E-state index contributed by atoms with van der Waals surface area (Å²) in [6.07, 6.45) is 0. The van der Waals surface area contributed by atoms with E-state index in [9.17, 15) is 9.59 Å². The number of carbonyl (C=O) groups is 2. The van der Waals surface area contributed by atoms with Gasteiger partial charge in [-0.1, -0.05) is 47.5 Å². The molecular formula is C18H17ClN2O2. The lowest BCUT2D eigenvalue weighted by molar-refractivity contribution is -0.128. The molecular weight excluding hydrogens is 312 g/mol. The van der Waals surface area contributed by atoms with Gasteiger partial charge in [0.05, 0.1) is 0 Å². The number of piperazine rings is 1. The Morgan fingerprint density at radius 3 is 2.74 bits per heavy atom. The maximum Gasteiger partial charge on any atom is 0.254 e. The number of nitrogens with one attached hydrogen (secondary N) is 1. The maximum atomic E-state index is 12.9. The van der Waals surface area contributed by atoms with Crippen molar-refractivity contribution >= 4 is 23.4 Å². The Hall–Kier alpha value is -2.33. The van der Waals surface area contributed by atoms with Crippen molar-refractivity contribution in [3.63, 3.8) is 0 Å². The number of nitrogens with zero attached hydrogens (tertiary/aromatic N) is 1. The molecule has 1 unspecified atom stereocenters. The number of amides is 2. The molecule has 0 spiro atoms. The fourth-order valence-corrected chi connectivity index (χ4v) is 3.03. The third-order valence-corrected chi connectivity index (χ3v) is 4.14. The van der Waals surface area contributed by atoms with Crippen molar-refractivity contribution in [3.05, 3.63) is 70.2 Å². The van der Waals surface area contributed by atoms with E-state index in [0.29, 0.717) is 23.7 Å². The van der Waals surface area contributed by atoms with E-state index < -0.39 is 6.04 Å². The molecule has 1 aliphatic rings. The molecule has 23 heavy (non-hydrogen) atoms. The Kier molecular flexibility index (Phi) is 4.35. The Morgan fingerprint density at radius 2 is 2.00 bits per heavy atom. The standard InChI is InChI=1S/C18H17ClN2O2/c1-12-4-2-5-13(10-12)16-17(22)20-8-9-21(16)18(23)14-6-3-7-15(19)11-14/h2-7,10-11,16H,8-9H2,1H3,(H,20,22). The van der Waals surface area contributed by atoms with Crippen molar-refractivity contribution in [1.29, 1.82) is 0 Å². The van der Waals surface area contributed by atoms with Gasteiger partial charge in [-0.3, -0.25) is 9.59 Å². The van der Waals surface area contributed by atoms with Crippen LogP contribution in [0.2, 0.25) is 5.02 Å². The van der Waals surface area contributed by atoms with Crippen molar-refractivity contribution in [1.82, 2.24) is 10.2 Å². The van der Waals surface area contributed by atoms with Crippen LogP contribution in [-0.4, -0.2) is 29.8 Å². The van der Waals surface area contributed by atoms with Gasteiger partial charge in [0.15, 0.2) is 0 Å². The molecule has 2 aromatic rings. The number of hydrogen-bond donors (Lipinski definition) is 1. The zero-order valence-corrected chi connectivity index (χ0v) is 13.5. The van der Waals surface area contributed by atoms with Gasteiger partial charge in [0.1, 0.15) is 6.04 Å². The Balaban J connectivity index is 1.98. The quantitative estimate of drug-likeness (QED) is 0.921. The third kappa shape index (κ3) is 3.22. The molecule has 1 atom stereocenters. The molecule has 0 bridgehead atoms. The van der Waals surface area contributed by atoms with Crippen LogP contribution in [0.25, 0.3) is 0 Å². The van der Waals surface area contributed by atoms with Gasteiger partial charge in [0.2, 0.25) is 5.91 Å². The summed E-state index contributed by atoms with van der Waals surface area (Å²) in [4.78, 5) is 26.9. The van der Waals surface area contributed by atoms with Crippen molar-refractivity contribution in [2.75, 3.05) is 13.1 Å². The van der Waals surface area contributed by atoms with Gasteiger partial charge in [-0.05, 0) is 30.7 Å². The van der Waals surface area contributed by atoms with E-state index in [-0.39, 0.29) is 11.8 Å². The average Bonchev–Trinajstić information content (AvgIpc) is 2.54. The largest absolute Gasteiger partial charge is 0.352 e. The summed E-state index contributed by atoms with van der Waals surface area (Å²) in [6, 6.07) is 13.9. The Labute approximate surface area is 140 Å². The van der Waals surface area contributed by atoms with E-state index >= 15 is 0 Å². The van der Waals surface area contributed by atoms with Gasteiger partial charge in [0, 0.05) is 23.7 Å². The average molecular weight is 329 g/mol. The first-order valence-corrected chi connectivity index (χ1v) is 7.85. The molecule has 5 heteroatoms. The lowest BCUT2D eigenvalue weighted by Gasteiger charge is -2.35. The number of aryl methyl sites for hydroxylation is 1. The second-order valence-corrected chi connectivity index (χ2v) is 6.05. The first-order valence-electron chi connectivity index (χ1n) is 7.47. The minimum atomic E-state index is -0.616. The second-order valence-electron chi connectivity index (χ2n) is 5.62. The van der Waals surface area contributed by atoms with Crippen LogP contribution in [0.15, 0.2) is 48.5 Å². The van der Waals surface area contributed by atoms with E-state index in [2.05, 4.69) is 5.32 Å². The van der Waals surface area contributed by atoms with Crippen molar-refractivity contribution in [2.45, 2.75) is 13.0 Å². The zero-order chi connectivity index (χ0) is 16.4. The highest BCUT2D eigenvalue weighted by molar-refractivity contribution is 6.31. The highest BCUT2D eigenvalue weighted by atomic mass is 35.5. The summed E-state index contributed by atoms with van der Waals surface area (Å²) in [5, 5.41) is 3.34. The Morgan fingerprint density at radius 1 is 1.22 bits per heavy atom. The van der Waals surface area contributed by atoms with Crippen LogP contribution in [0.5, 0.6) is 0 Å². The number of halogens is 1. The van der Waals surface area contributed by atoms with Gasteiger partial charge < -0.3 is 10.2 Å². The van der Waals surface area contributed by atoms with E-state index in [1.165, 1.54) is 0 Å². The predicted octanol–water partition coefficient (Wildman–Crippen LogP) is 2.96. The van der Waals surface area contributed by atoms with E-state index in [4.69, 9.17) is 11.6 Å². The van der Waals surface area contributed by atoms with Gasteiger partial charge >= 0.3 is 0 Å². The van der Waals surface area contributed by atoms with E-state index in [1.807, 2.05) is 31.2 Å². The topological polar surface area (TPSA) is 49.4 Å². The summed E-state index contributed by atoms with van der Waals surface area (Å²) < 4.78 is 0. The van der Waals surface area contributed by atoms with Crippen molar-refractivity contribution < 1.29 is 9.59 Å². The SMILES string of the molecule is Cc1cccc(C2C(=O)NCCN2C(=O)c2cccc(Cl)c2)c1. The van der Waals surface area contributed by atoms with Crippen LogP contribution in [0.1, 0.15) is 27.5 Å². The summed E-state index contributed by atoms with van der Waals surface area (Å²) >= 11 is 5.98. The van der Waals surface area contributed by atoms with Crippen molar-refractivity contribution in [3.8, 4) is 0 Å². The lowest BCUT2D eigenvalue weighted by Crippen LogP contribution is -2.52. The molecule has 0 radical (unpaired) electrons. The molecule has 2 aromatic carbocycles. The molecule has 2 amide bonds. The van der Waals surface area contributed by atoms with E-state index in [1.54, 1.807) is 29.2 Å². The molecule has 1 heterocycles. The van der Waals surface area contributed by atoms with Crippen LogP contribution in [0, 0.1) is 6.92 Å². The molecule has 0 saturated carbocycles. The summed E-state index contributed by atoms with van der Waals surface area (Å²) in [6.45, 7) is 2.89. The molecule has 3 rings (SSSR count). The minimum absolute atomic E-state index is 0.155. The monoisotopic (exact) mass is 328 g/mol. The van der Waals surface area contributed by atoms with Crippen LogP contribution in [0.4, 0.5) is 0 Å². The smallest absolute Gasteiger partial charge is 0.254 e. The first kappa shape index (κ1) is 15.6. The minimum Gasteiger partial charge on any atom is -0.352 e. The first-order chi connectivity index (χ1) is 11.1. The summed E-state index contributed by atoms with van der Waals surface area (Å²) in [7, 11) is 0.